The van der Waals surface area contributed by atoms with E-state index >= 15 is 0 Å². The number of hydrogen-bond acceptors (Lipinski definition) is 3. The number of aromatic nitrogens is 1. The van der Waals surface area contributed by atoms with Crippen molar-refractivity contribution in [2.24, 2.45) is 5.92 Å². The number of anilines is 1. The van der Waals surface area contributed by atoms with Crippen molar-refractivity contribution in [3.05, 3.63) is 22.8 Å². The van der Waals surface area contributed by atoms with Crippen LogP contribution in [0.2, 0.25) is 5.02 Å². The van der Waals surface area contributed by atoms with Gasteiger partial charge in [-0.2, -0.15) is 13.2 Å². The molecular formula is C13H14ClF3N2O2. The smallest absolute Gasteiger partial charge is 0.417 e. The Morgan fingerprint density at radius 2 is 1.95 bits per heavy atom. The Hall–Kier alpha value is -1.50. The molecule has 0 amide bonds. The first-order chi connectivity index (χ1) is 9.77. The monoisotopic (exact) mass is 322 g/mol. The maximum atomic E-state index is 12.5. The lowest BCUT2D eigenvalue weighted by molar-refractivity contribution is -0.142. The van der Waals surface area contributed by atoms with Crippen LogP contribution in [0.5, 0.6) is 0 Å². The first kappa shape index (κ1) is 15.9. The van der Waals surface area contributed by atoms with E-state index in [2.05, 4.69) is 10.3 Å². The van der Waals surface area contributed by atoms with Gasteiger partial charge in [-0.1, -0.05) is 11.6 Å². The van der Waals surface area contributed by atoms with E-state index in [1.54, 1.807) is 0 Å². The minimum atomic E-state index is -4.48. The summed E-state index contributed by atoms with van der Waals surface area (Å²) in [5.74, 6) is -0.957. The Kier molecular flexibility index (Phi) is 4.61. The second-order valence-electron chi connectivity index (χ2n) is 5.08. The van der Waals surface area contributed by atoms with Crippen molar-refractivity contribution in [2.45, 2.75) is 37.9 Å². The molecule has 1 aromatic rings. The maximum Gasteiger partial charge on any atom is 0.417 e. The van der Waals surface area contributed by atoms with Crippen molar-refractivity contribution in [1.82, 2.24) is 4.98 Å². The standard InChI is InChI=1S/C13H14ClF3N2O2/c14-10-5-8(13(15,16)17)6-18-11(10)19-9-3-1-7(2-4-9)12(20)21/h5-7,9H,1-4H2,(H,18,19)(H,20,21). The molecule has 1 heterocycles. The molecule has 8 heteroatoms. The number of nitrogens with zero attached hydrogens (tertiary/aromatic N) is 1. The molecule has 116 valence electrons. The van der Waals surface area contributed by atoms with Crippen LogP contribution in [0.3, 0.4) is 0 Å². The Labute approximate surface area is 124 Å². The average Bonchev–Trinajstić information content (AvgIpc) is 2.40. The van der Waals surface area contributed by atoms with Gasteiger partial charge < -0.3 is 10.4 Å². The van der Waals surface area contributed by atoms with Gasteiger partial charge in [0.25, 0.3) is 0 Å². The molecule has 0 unspecified atom stereocenters. The summed E-state index contributed by atoms with van der Waals surface area (Å²) in [4.78, 5) is 14.6. The molecule has 0 bridgehead atoms. The van der Waals surface area contributed by atoms with Crippen LogP contribution in [0.15, 0.2) is 12.3 Å². The van der Waals surface area contributed by atoms with Crippen LogP contribution >= 0.6 is 11.6 Å². The third-order valence-electron chi connectivity index (χ3n) is 3.59. The summed E-state index contributed by atoms with van der Waals surface area (Å²) < 4.78 is 37.5. The van der Waals surface area contributed by atoms with Gasteiger partial charge in [-0.25, -0.2) is 4.98 Å². The van der Waals surface area contributed by atoms with E-state index in [1.807, 2.05) is 0 Å². The molecule has 1 aromatic heterocycles. The van der Waals surface area contributed by atoms with Gasteiger partial charge in [-0.05, 0) is 31.7 Å². The molecule has 0 spiro atoms. The van der Waals surface area contributed by atoms with Crippen LogP contribution < -0.4 is 5.32 Å². The number of carbonyl (C=O) groups is 1. The van der Waals surface area contributed by atoms with Gasteiger partial charge in [0.1, 0.15) is 5.82 Å². The fourth-order valence-electron chi connectivity index (χ4n) is 2.38. The van der Waals surface area contributed by atoms with E-state index in [0.29, 0.717) is 25.7 Å². The number of aliphatic carboxylic acids is 1. The van der Waals surface area contributed by atoms with E-state index in [1.165, 1.54) is 0 Å². The van der Waals surface area contributed by atoms with Crippen molar-refractivity contribution in [3.63, 3.8) is 0 Å². The fourth-order valence-corrected chi connectivity index (χ4v) is 2.60. The Morgan fingerprint density at radius 1 is 1.33 bits per heavy atom. The van der Waals surface area contributed by atoms with Crippen LogP contribution in [0, 0.1) is 5.92 Å². The normalized spacial score (nSPS) is 22.9. The number of halogens is 4. The fraction of sp³-hybridized carbons (Fsp3) is 0.538. The molecule has 0 atom stereocenters. The highest BCUT2D eigenvalue weighted by Gasteiger charge is 2.32. The first-order valence-electron chi connectivity index (χ1n) is 6.49. The van der Waals surface area contributed by atoms with Crippen molar-refractivity contribution in [3.8, 4) is 0 Å². The number of nitrogens with one attached hydrogen (secondary N) is 1. The molecule has 1 fully saturated rings. The third-order valence-corrected chi connectivity index (χ3v) is 3.87. The van der Waals surface area contributed by atoms with Crippen LogP contribution in [0.1, 0.15) is 31.2 Å². The third kappa shape index (κ3) is 4.00. The summed E-state index contributed by atoms with van der Waals surface area (Å²) in [6, 6.07) is 0.807. The second kappa shape index (κ2) is 6.09. The van der Waals surface area contributed by atoms with Gasteiger partial charge >= 0.3 is 12.1 Å². The zero-order chi connectivity index (χ0) is 15.6. The molecule has 1 saturated carbocycles. The van der Waals surface area contributed by atoms with Gasteiger partial charge in [-0.15, -0.1) is 0 Å². The highest BCUT2D eigenvalue weighted by Crippen LogP contribution is 2.33. The summed E-state index contributed by atoms with van der Waals surface area (Å²) >= 11 is 5.81. The lowest BCUT2D eigenvalue weighted by Gasteiger charge is -2.27. The van der Waals surface area contributed by atoms with E-state index in [9.17, 15) is 18.0 Å². The molecule has 1 aliphatic carbocycles. The summed E-state index contributed by atoms with van der Waals surface area (Å²) in [5, 5.41) is 11.8. The van der Waals surface area contributed by atoms with Crippen molar-refractivity contribution in [1.29, 1.82) is 0 Å². The molecule has 2 rings (SSSR count). The minimum Gasteiger partial charge on any atom is -0.481 e. The lowest BCUT2D eigenvalue weighted by atomic mass is 9.86. The minimum absolute atomic E-state index is 0.0256. The molecule has 0 radical (unpaired) electrons. The summed E-state index contributed by atoms with van der Waals surface area (Å²) in [6.07, 6.45) is -1.44. The topological polar surface area (TPSA) is 62.2 Å². The highest BCUT2D eigenvalue weighted by molar-refractivity contribution is 6.33. The molecule has 0 aromatic carbocycles. The molecule has 0 saturated heterocycles. The quantitative estimate of drug-likeness (QED) is 0.888. The van der Waals surface area contributed by atoms with E-state index in [4.69, 9.17) is 16.7 Å². The number of hydrogen-bond donors (Lipinski definition) is 2. The Bertz CT molecular complexity index is 529. The van der Waals surface area contributed by atoms with E-state index < -0.39 is 17.7 Å². The van der Waals surface area contributed by atoms with Crippen molar-refractivity contribution >= 4 is 23.4 Å². The largest absolute Gasteiger partial charge is 0.481 e. The molecule has 0 aliphatic heterocycles. The van der Waals surface area contributed by atoms with E-state index in [0.717, 1.165) is 12.3 Å². The Balaban J connectivity index is 2.00. The summed E-state index contributed by atoms with van der Waals surface area (Å²) in [7, 11) is 0. The van der Waals surface area contributed by atoms with Gasteiger partial charge in [0.15, 0.2) is 0 Å². The van der Waals surface area contributed by atoms with Crippen molar-refractivity contribution in [2.75, 3.05) is 5.32 Å². The van der Waals surface area contributed by atoms with Gasteiger partial charge in [0, 0.05) is 12.2 Å². The number of alkyl halides is 3. The molecule has 1 aliphatic rings. The maximum absolute atomic E-state index is 12.5. The van der Waals surface area contributed by atoms with Crippen LogP contribution in [-0.2, 0) is 11.0 Å². The second-order valence-corrected chi connectivity index (χ2v) is 5.49. The predicted molar refractivity (Wildman–Crippen MR) is 71.3 cm³/mol. The summed E-state index contributed by atoms with van der Waals surface area (Å²) in [5.41, 5.74) is -0.896. The molecular weight excluding hydrogens is 309 g/mol. The van der Waals surface area contributed by atoms with Crippen LogP contribution in [0.25, 0.3) is 0 Å². The number of carboxylic acids is 1. The van der Waals surface area contributed by atoms with Crippen molar-refractivity contribution < 1.29 is 23.1 Å². The van der Waals surface area contributed by atoms with Gasteiger partial charge in [0.2, 0.25) is 0 Å². The Morgan fingerprint density at radius 3 is 2.43 bits per heavy atom. The first-order valence-corrected chi connectivity index (χ1v) is 6.87. The van der Waals surface area contributed by atoms with E-state index in [-0.39, 0.29) is 22.8 Å². The zero-order valence-corrected chi connectivity index (χ0v) is 11.7. The summed E-state index contributed by atoms with van der Waals surface area (Å²) in [6.45, 7) is 0. The molecule has 21 heavy (non-hydrogen) atoms. The zero-order valence-electron chi connectivity index (χ0n) is 11.0. The lowest BCUT2D eigenvalue weighted by Crippen LogP contribution is -2.29. The highest BCUT2D eigenvalue weighted by atomic mass is 35.5. The average molecular weight is 323 g/mol. The van der Waals surface area contributed by atoms with Gasteiger partial charge in [0.05, 0.1) is 16.5 Å². The van der Waals surface area contributed by atoms with Crippen LogP contribution in [-0.4, -0.2) is 22.1 Å². The number of pyridine rings is 1. The predicted octanol–water partition coefficient (Wildman–Crippen LogP) is 3.81. The molecule has 2 N–H and O–H groups in total. The van der Waals surface area contributed by atoms with Gasteiger partial charge in [-0.3, -0.25) is 4.79 Å². The van der Waals surface area contributed by atoms with Crippen LogP contribution in [0.4, 0.5) is 19.0 Å². The number of carboxylic acid groups (broad SMARTS) is 1. The number of rotatable bonds is 3. The molecule has 4 nitrogen and oxygen atoms in total. The SMILES string of the molecule is O=C(O)C1CCC(Nc2ncc(C(F)(F)F)cc2Cl)CC1.